The summed E-state index contributed by atoms with van der Waals surface area (Å²) in [6, 6.07) is 16.9. The quantitative estimate of drug-likeness (QED) is 0.610. The number of hydrogen-bond acceptors (Lipinski definition) is 3. The standard InChI is InChI=1S/C22H25N3OS/c1-16(2)27-19-9-7-17(8-10-19)13-22(26)24-12-11-18(14-24)25-15-23-20-5-3-4-6-21(20)25/h3-10,15-16,18H,11-14H2,1-2H3/t18-/m0/s1. The second kappa shape index (κ2) is 7.77. The molecule has 0 unspecified atom stereocenters. The van der Waals surface area contributed by atoms with Gasteiger partial charge in [0.25, 0.3) is 0 Å². The zero-order valence-electron chi connectivity index (χ0n) is 15.8. The van der Waals surface area contributed by atoms with Crippen molar-refractivity contribution in [2.24, 2.45) is 0 Å². The molecule has 4 nitrogen and oxygen atoms in total. The highest BCUT2D eigenvalue weighted by atomic mass is 32.2. The van der Waals surface area contributed by atoms with Gasteiger partial charge >= 0.3 is 0 Å². The summed E-state index contributed by atoms with van der Waals surface area (Å²) in [4.78, 5) is 20.5. The van der Waals surface area contributed by atoms with Gasteiger partial charge < -0.3 is 9.47 Å². The lowest BCUT2D eigenvalue weighted by Crippen LogP contribution is -2.30. The number of fused-ring (bicyclic) bond motifs is 1. The van der Waals surface area contributed by atoms with Crippen LogP contribution in [0.25, 0.3) is 11.0 Å². The van der Waals surface area contributed by atoms with Crippen LogP contribution in [0.5, 0.6) is 0 Å². The fraction of sp³-hybridized carbons (Fsp3) is 0.364. The van der Waals surface area contributed by atoms with Crippen molar-refractivity contribution in [2.75, 3.05) is 13.1 Å². The van der Waals surface area contributed by atoms with E-state index in [9.17, 15) is 4.79 Å². The van der Waals surface area contributed by atoms with Crippen molar-refractivity contribution in [1.82, 2.24) is 14.5 Å². The van der Waals surface area contributed by atoms with E-state index in [1.807, 2.05) is 41.2 Å². The number of carbonyl (C=O) groups excluding carboxylic acids is 1. The van der Waals surface area contributed by atoms with Crippen LogP contribution >= 0.6 is 11.8 Å². The second-order valence-corrected chi connectivity index (χ2v) is 9.06. The number of carbonyl (C=O) groups is 1. The van der Waals surface area contributed by atoms with Crippen molar-refractivity contribution in [3.05, 3.63) is 60.4 Å². The van der Waals surface area contributed by atoms with Gasteiger partial charge in [-0.05, 0) is 36.2 Å². The van der Waals surface area contributed by atoms with Gasteiger partial charge in [-0.1, -0.05) is 38.1 Å². The molecule has 0 spiro atoms. The summed E-state index contributed by atoms with van der Waals surface area (Å²) in [6.07, 6.45) is 3.37. The Kier molecular flexibility index (Phi) is 5.21. The fourth-order valence-electron chi connectivity index (χ4n) is 3.71. The van der Waals surface area contributed by atoms with Crippen molar-refractivity contribution in [3.63, 3.8) is 0 Å². The number of likely N-dealkylation sites (tertiary alicyclic amines) is 1. The minimum Gasteiger partial charge on any atom is -0.340 e. The van der Waals surface area contributed by atoms with Gasteiger partial charge in [0, 0.05) is 23.2 Å². The summed E-state index contributed by atoms with van der Waals surface area (Å²) in [5.41, 5.74) is 3.25. The number of nitrogens with zero attached hydrogens (tertiary/aromatic N) is 3. The molecule has 5 heteroatoms. The molecule has 1 saturated heterocycles. The molecular weight excluding hydrogens is 354 g/mol. The average Bonchev–Trinajstić information content (AvgIpc) is 3.29. The molecule has 1 aliphatic heterocycles. The average molecular weight is 380 g/mol. The maximum atomic E-state index is 12.8. The number of benzene rings is 2. The molecule has 0 saturated carbocycles. The van der Waals surface area contributed by atoms with Crippen LogP contribution in [0.1, 0.15) is 31.9 Å². The minimum atomic E-state index is 0.214. The Bertz CT molecular complexity index is 932. The van der Waals surface area contributed by atoms with Crippen LogP contribution in [0.4, 0.5) is 0 Å². The van der Waals surface area contributed by atoms with Crippen LogP contribution in [0.2, 0.25) is 0 Å². The molecule has 1 aromatic heterocycles. The van der Waals surface area contributed by atoms with Crippen LogP contribution in [-0.4, -0.2) is 38.7 Å². The van der Waals surface area contributed by atoms with Gasteiger partial charge in [0.15, 0.2) is 0 Å². The van der Waals surface area contributed by atoms with E-state index in [0.29, 0.717) is 17.7 Å². The molecule has 3 aromatic rings. The highest BCUT2D eigenvalue weighted by Crippen LogP contribution is 2.27. The number of para-hydroxylation sites is 2. The van der Waals surface area contributed by atoms with E-state index in [2.05, 4.69) is 53.7 Å². The van der Waals surface area contributed by atoms with Crippen molar-refractivity contribution in [2.45, 2.75) is 42.9 Å². The normalized spacial score (nSPS) is 17.1. The third-order valence-electron chi connectivity index (χ3n) is 5.04. The Hall–Kier alpha value is -2.27. The number of imidazole rings is 1. The van der Waals surface area contributed by atoms with Crippen molar-refractivity contribution in [3.8, 4) is 0 Å². The monoisotopic (exact) mass is 379 g/mol. The van der Waals surface area contributed by atoms with Crippen LogP contribution in [0, 0.1) is 0 Å². The maximum Gasteiger partial charge on any atom is 0.227 e. The molecule has 27 heavy (non-hydrogen) atoms. The maximum absolute atomic E-state index is 12.8. The lowest BCUT2D eigenvalue weighted by Gasteiger charge is -2.18. The summed E-state index contributed by atoms with van der Waals surface area (Å²) in [5.74, 6) is 0.214. The molecule has 0 aliphatic carbocycles. The van der Waals surface area contributed by atoms with Crippen LogP contribution in [0.3, 0.4) is 0 Å². The molecule has 0 bridgehead atoms. The van der Waals surface area contributed by atoms with Crippen LogP contribution < -0.4 is 0 Å². The molecule has 1 aliphatic rings. The van der Waals surface area contributed by atoms with E-state index in [1.165, 1.54) is 4.90 Å². The van der Waals surface area contributed by atoms with E-state index in [1.54, 1.807) is 0 Å². The van der Waals surface area contributed by atoms with Crippen LogP contribution in [-0.2, 0) is 11.2 Å². The third-order valence-corrected chi connectivity index (χ3v) is 6.06. The fourth-order valence-corrected chi connectivity index (χ4v) is 4.55. The molecule has 1 amide bonds. The van der Waals surface area contributed by atoms with Gasteiger partial charge in [-0.2, -0.15) is 0 Å². The molecule has 0 N–H and O–H groups in total. The number of aromatic nitrogens is 2. The Morgan fingerprint density at radius 3 is 2.74 bits per heavy atom. The Labute approximate surface area is 164 Å². The molecule has 1 atom stereocenters. The highest BCUT2D eigenvalue weighted by Gasteiger charge is 2.28. The van der Waals surface area contributed by atoms with Gasteiger partial charge in [0.05, 0.1) is 29.8 Å². The molecule has 2 heterocycles. The van der Waals surface area contributed by atoms with Gasteiger partial charge in [-0.25, -0.2) is 4.98 Å². The summed E-state index contributed by atoms with van der Waals surface area (Å²) >= 11 is 1.85. The van der Waals surface area contributed by atoms with Crippen molar-refractivity contribution >= 4 is 28.7 Å². The Morgan fingerprint density at radius 2 is 1.96 bits per heavy atom. The molecule has 1 fully saturated rings. The van der Waals surface area contributed by atoms with Gasteiger partial charge in [-0.3, -0.25) is 4.79 Å². The first-order valence-corrected chi connectivity index (χ1v) is 10.4. The van der Waals surface area contributed by atoms with E-state index < -0.39 is 0 Å². The largest absolute Gasteiger partial charge is 0.340 e. The first-order chi connectivity index (χ1) is 13.1. The van der Waals surface area contributed by atoms with Gasteiger partial charge in [0.1, 0.15) is 0 Å². The zero-order valence-corrected chi connectivity index (χ0v) is 16.7. The van der Waals surface area contributed by atoms with Crippen LogP contribution in [0.15, 0.2) is 59.8 Å². The first kappa shape index (κ1) is 18.1. The van der Waals surface area contributed by atoms with Gasteiger partial charge in [-0.15, -0.1) is 11.8 Å². The van der Waals surface area contributed by atoms with Crippen molar-refractivity contribution in [1.29, 1.82) is 0 Å². The summed E-state index contributed by atoms with van der Waals surface area (Å²) in [6.45, 7) is 5.96. The molecule has 2 aromatic carbocycles. The van der Waals surface area contributed by atoms with E-state index in [4.69, 9.17) is 0 Å². The summed E-state index contributed by atoms with van der Waals surface area (Å²) < 4.78 is 2.22. The minimum absolute atomic E-state index is 0.214. The smallest absolute Gasteiger partial charge is 0.227 e. The van der Waals surface area contributed by atoms with E-state index >= 15 is 0 Å². The topological polar surface area (TPSA) is 38.1 Å². The molecule has 4 rings (SSSR count). The predicted molar refractivity (Wildman–Crippen MR) is 111 cm³/mol. The number of amides is 1. The summed E-state index contributed by atoms with van der Waals surface area (Å²) in [7, 11) is 0. The SMILES string of the molecule is CC(C)Sc1ccc(CC(=O)N2CC[C@H](n3cnc4ccccc43)C2)cc1. The Balaban J connectivity index is 1.39. The lowest BCUT2D eigenvalue weighted by molar-refractivity contribution is -0.129. The molecule has 140 valence electrons. The van der Waals surface area contributed by atoms with E-state index in [-0.39, 0.29) is 5.91 Å². The third kappa shape index (κ3) is 4.03. The molecular formula is C22H25N3OS. The number of thioether (sulfide) groups is 1. The number of rotatable bonds is 5. The molecule has 0 radical (unpaired) electrons. The number of hydrogen-bond donors (Lipinski definition) is 0. The van der Waals surface area contributed by atoms with E-state index in [0.717, 1.165) is 36.1 Å². The second-order valence-electron chi connectivity index (χ2n) is 7.41. The first-order valence-electron chi connectivity index (χ1n) is 9.55. The zero-order chi connectivity index (χ0) is 18.8. The summed E-state index contributed by atoms with van der Waals surface area (Å²) in [5, 5.41) is 0.568. The van der Waals surface area contributed by atoms with Crippen molar-refractivity contribution < 1.29 is 4.79 Å². The van der Waals surface area contributed by atoms with Gasteiger partial charge in [0.2, 0.25) is 5.91 Å². The lowest BCUT2D eigenvalue weighted by atomic mass is 10.1. The highest BCUT2D eigenvalue weighted by molar-refractivity contribution is 7.99. The Morgan fingerprint density at radius 1 is 1.19 bits per heavy atom. The predicted octanol–water partition coefficient (Wildman–Crippen LogP) is 4.55.